The molecule has 0 amide bonds. The van der Waals surface area contributed by atoms with Crippen molar-refractivity contribution in [3.63, 3.8) is 0 Å². The van der Waals surface area contributed by atoms with Gasteiger partial charge in [-0.25, -0.2) is 24.3 Å². The summed E-state index contributed by atoms with van der Waals surface area (Å²) in [6.45, 7) is 9.45. The molecule has 3 saturated carbocycles. The Balaban J connectivity index is 0.000000120. The Labute approximate surface area is 497 Å². The third kappa shape index (κ3) is 10.6. The van der Waals surface area contributed by atoms with E-state index >= 15 is 0 Å². The van der Waals surface area contributed by atoms with E-state index in [1.165, 1.54) is 59.1 Å². The number of hydrogen-bond donors (Lipinski definition) is 8. The quantitative estimate of drug-likeness (QED) is 0.0727. The summed E-state index contributed by atoms with van der Waals surface area (Å²) in [4.78, 5) is 19.6. The van der Waals surface area contributed by atoms with Crippen molar-refractivity contribution in [2.75, 3.05) is 19.3 Å². The molecule has 3 fully saturated rings. The molecule has 0 saturated heterocycles. The highest BCUT2D eigenvalue weighted by Crippen LogP contribution is 2.43. The minimum Gasteiger partial charge on any atom is -0.487 e. The third-order valence-electron chi connectivity index (χ3n) is 18.6. The second-order valence-electron chi connectivity index (χ2n) is 24.3. The van der Waals surface area contributed by atoms with Gasteiger partial charge in [-0.1, -0.05) is 30.3 Å². The van der Waals surface area contributed by atoms with Crippen molar-refractivity contribution in [2.24, 2.45) is 0 Å². The van der Waals surface area contributed by atoms with Crippen LogP contribution in [0.5, 0.6) is 17.2 Å². The van der Waals surface area contributed by atoms with Crippen molar-refractivity contribution in [1.82, 2.24) is 43.9 Å². The van der Waals surface area contributed by atoms with Crippen LogP contribution in [0.4, 0.5) is 10.1 Å². The summed E-state index contributed by atoms with van der Waals surface area (Å²) in [6.07, 6.45) is 9.39. The van der Waals surface area contributed by atoms with Crippen molar-refractivity contribution in [1.29, 1.82) is 0 Å². The standard InChI is InChI=1S/C24H29N3O3.C21H23FN4O3.C21H23N3O3/c1-13-8-16-6-4-5-7-17(16)19(9-13)30-20-10-18(22(28)23(20)29)27-11-14(2)21-15(3)25-12-26-24(21)27;1-25-8-11-3-2-4-16(12(11)9-25)29-17-7-15(19(27)20(17)28)26-10-13(22)18-14(23)5-6-24-21(18)26;25-19-16(24-10-7-14-4-2-8-23-21(14)24)11-18(20(19)26)27-17-5-1-3-13-6-9-22-12-15(13)17/h8-9,11-12,18,20,22-23,28-29H,4-7,10H2,1-3H3;2-6,10,15,17,19-20,27-28H,7-9H2,1H3,(H2,23,24);1-5,7-8,10,16,18-20,22,25-26H,6,9,11-12H2/t18?,20?,22-,23+;15?,17?,19-,20+;16?,18?,19-,20+/m000/s1. The van der Waals surface area contributed by atoms with Gasteiger partial charge in [0.1, 0.15) is 95.5 Å². The van der Waals surface area contributed by atoms with E-state index in [0.717, 1.165) is 107 Å². The normalized spacial score (nSPS) is 26.9. The lowest BCUT2D eigenvalue weighted by molar-refractivity contribution is -0.0166. The van der Waals surface area contributed by atoms with E-state index in [1.807, 2.05) is 84.9 Å². The number of aromatic nitrogens is 7. The van der Waals surface area contributed by atoms with E-state index in [9.17, 15) is 35.0 Å². The Bertz CT molecular complexity index is 3960. The van der Waals surface area contributed by atoms with Crippen molar-refractivity contribution in [3.8, 4) is 17.2 Å². The van der Waals surface area contributed by atoms with Gasteiger partial charge in [0, 0.05) is 97.5 Å². The fourth-order valence-electron chi connectivity index (χ4n) is 14.3. The predicted molar refractivity (Wildman–Crippen MR) is 322 cm³/mol. The van der Waals surface area contributed by atoms with Crippen molar-refractivity contribution >= 4 is 38.8 Å². The number of aryl methyl sites for hydroxylation is 4. The lowest BCUT2D eigenvalue weighted by atomic mass is 9.89. The molecule has 0 radical (unpaired) electrons. The zero-order chi connectivity index (χ0) is 59.7. The first-order valence-electron chi connectivity index (χ1n) is 30.0. The first-order chi connectivity index (χ1) is 41.6. The summed E-state index contributed by atoms with van der Waals surface area (Å²) in [5.41, 5.74) is 18.7. The van der Waals surface area contributed by atoms with Gasteiger partial charge in [0.2, 0.25) is 0 Å². The van der Waals surface area contributed by atoms with Crippen molar-refractivity contribution in [3.05, 3.63) is 166 Å². The van der Waals surface area contributed by atoms with Crippen LogP contribution in [-0.2, 0) is 38.9 Å². The molecule has 3 aromatic carbocycles. The molecule has 19 nitrogen and oxygen atoms in total. The summed E-state index contributed by atoms with van der Waals surface area (Å²) in [6, 6.07) is 22.6. The number of hydrogen-bond acceptors (Lipinski definition) is 16. The SMILES string of the molecule is CN1Cc2cccc(OC3CC(n4cc(F)c5c(N)ccnc54)[C@H](O)[C@@H]3O)c2C1.Cc1cc2c(c(OC3CC(n4cc(C)c5c(C)ncnc54)[C@H](O)[C@@H]3O)c1)CCCC2.O[C@@H]1C(Oc2cccc3c2CNCC3)CC(n2ccc3cccnc32)[C@@H]1O. The molecule has 4 aliphatic carbocycles. The van der Waals surface area contributed by atoms with E-state index in [1.54, 1.807) is 17.1 Å². The summed E-state index contributed by atoms with van der Waals surface area (Å²) >= 11 is 0. The average molecular weight is 1170 g/mol. The summed E-state index contributed by atoms with van der Waals surface area (Å²) in [7, 11) is 2.04. The largest absolute Gasteiger partial charge is 0.487 e. The molecule has 6 aromatic heterocycles. The minimum atomic E-state index is -1.11. The molecule has 15 rings (SSSR count). The molecular weight excluding hydrogens is 1100 g/mol. The van der Waals surface area contributed by atoms with Gasteiger partial charge in [-0.15, -0.1) is 0 Å². The summed E-state index contributed by atoms with van der Waals surface area (Å²) < 4.78 is 38.7. The number of fused-ring (bicyclic) bond motifs is 6. The van der Waals surface area contributed by atoms with Crippen LogP contribution in [0, 0.1) is 26.6 Å². The third-order valence-corrected chi connectivity index (χ3v) is 18.6. The van der Waals surface area contributed by atoms with E-state index < -0.39 is 66.8 Å². The average Bonchev–Trinajstić information content (AvgIpc) is 2.14. The molecule has 8 heterocycles. The number of nitrogens with zero attached hydrogens (tertiary/aromatic N) is 8. The second kappa shape index (κ2) is 23.6. The lowest BCUT2D eigenvalue weighted by Gasteiger charge is -2.24. The maximum Gasteiger partial charge on any atom is 0.152 e. The Morgan fingerprint density at radius 1 is 0.570 bits per heavy atom. The van der Waals surface area contributed by atoms with Crippen LogP contribution < -0.4 is 25.3 Å². The monoisotopic (exact) mass is 1170 g/mol. The van der Waals surface area contributed by atoms with Crippen LogP contribution in [0.2, 0.25) is 0 Å². The Morgan fingerprint density at radius 3 is 1.92 bits per heavy atom. The number of benzene rings is 3. The molecule has 86 heavy (non-hydrogen) atoms. The van der Waals surface area contributed by atoms with Crippen LogP contribution in [-0.4, -0.2) is 138 Å². The van der Waals surface area contributed by atoms with Crippen LogP contribution in [0.3, 0.4) is 0 Å². The van der Waals surface area contributed by atoms with Gasteiger partial charge in [0.05, 0.1) is 29.2 Å². The van der Waals surface area contributed by atoms with Gasteiger partial charge >= 0.3 is 0 Å². The summed E-state index contributed by atoms with van der Waals surface area (Å²) in [5.74, 6) is 1.88. The number of ether oxygens (including phenoxy) is 3. The first kappa shape index (κ1) is 57.5. The van der Waals surface area contributed by atoms with Gasteiger partial charge in [-0.2, -0.15) is 0 Å². The lowest BCUT2D eigenvalue weighted by Crippen LogP contribution is -2.34. The molecule has 20 heteroatoms. The number of nitrogen functional groups attached to an aromatic ring is 1. The van der Waals surface area contributed by atoms with E-state index in [2.05, 4.69) is 61.3 Å². The maximum atomic E-state index is 14.5. The van der Waals surface area contributed by atoms with Crippen LogP contribution in [0.15, 0.2) is 110 Å². The predicted octanol–water partition coefficient (Wildman–Crippen LogP) is 6.96. The number of nitrogens with one attached hydrogen (secondary N) is 1. The van der Waals surface area contributed by atoms with E-state index in [4.69, 9.17) is 19.9 Å². The Hall–Kier alpha value is -7.53. The fourth-order valence-corrected chi connectivity index (χ4v) is 14.3. The molecule has 450 valence electrons. The number of halogens is 1. The zero-order valence-electron chi connectivity index (χ0n) is 48.7. The number of pyridine rings is 2. The molecule has 9 N–H and O–H groups in total. The van der Waals surface area contributed by atoms with Crippen molar-refractivity contribution in [2.45, 2.75) is 165 Å². The number of nitrogens with two attached hydrogens (primary N) is 1. The molecule has 9 aromatic rings. The number of aliphatic hydroxyl groups excluding tert-OH is 6. The molecule has 0 spiro atoms. The number of rotatable bonds is 9. The second-order valence-corrected chi connectivity index (χ2v) is 24.3. The molecular formula is C66H75FN10O9. The summed E-state index contributed by atoms with van der Waals surface area (Å²) in [5, 5.41) is 70.0. The molecule has 6 aliphatic rings. The van der Waals surface area contributed by atoms with Crippen LogP contribution in [0.1, 0.15) is 100 Å². The molecule has 0 bridgehead atoms. The van der Waals surface area contributed by atoms with Crippen LogP contribution >= 0.6 is 0 Å². The first-order valence-corrected chi connectivity index (χ1v) is 30.0. The van der Waals surface area contributed by atoms with Gasteiger partial charge in [0.15, 0.2) is 5.82 Å². The Kier molecular flexibility index (Phi) is 15.8. The van der Waals surface area contributed by atoms with E-state index in [-0.39, 0.29) is 23.2 Å². The highest BCUT2D eigenvalue weighted by Gasteiger charge is 2.47. The number of anilines is 1. The van der Waals surface area contributed by atoms with Crippen LogP contribution in [0.25, 0.3) is 33.1 Å². The maximum absolute atomic E-state index is 14.5. The fraction of sp³-hybridized carbons (Fsp3) is 0.424. The van der Waals surface area contributed by atoms with Gasteiger partial charge in [0.25, 0.3) is 0 Å². The highest BCUT2D eigenvalue weighted by atomic mass is 19.1. The van der Waals surface area contributed by atoms with Gasteiger partial charge in [-0.3, -0.25) is 4.90 Å². The Morgan fingerprint density at radius 2 is 1.20 bits per heavy atom. The molecule has 6 unspecified atom stereocenters. The number of aliphatic hydroxyl groups is 6. The highest BCUT2D eigenvalue weighted by molar-refractivity contribution is 5.89. The topological polar surface area (TPSA) is 257 Å². The minimum absolute atomic E-state index is 0.225. The van der Waals surface area contributed by atoms with E-state index in [0.29, 0.717) is 24.9 Å². The van der Waals surface area contributed by atoms with Gasteiger partial charge < -0.3 is 69.6 Å². The van der Waals surface area contributed by atoms with Crippen molar-refractivity contribution < 1.29 is 49.2 Å². The molecule has 2 aliphatic heterocycles. The van der Waals surface area contributed by atoms with Gasteiger partial charge in [-0.05, 0) is 142 Å². The smallest absolute Gasteiger partial charge is 0.152 e. The molecule has 12 atom stereocenters. The zero-order valence-corrected chi connectivity index (χ0v) is 48.7.